The first kappa shape index (κ1) is 41.9. The highest BCUT2D eigenvalue weighted by atomic mass is 16.3. The van der Waals surface area contributed by atoms with Gasteiger partial charge in [-0.1, -0.05) is 152 Å². The van der Waals surface area contributed by atoms with Crippen LogP contribution in [0.25, 0.3) is 54.8 Å². The van der Waals surface area contributed by atoms with Gasteiger partial charge in [0, 0.05) is 39.1 Å². The molecule has 331 valence electrons. The molecule has 8 aromatic carbocycles. The number of hydrogen-bond acceptors (Lipinski definition) is 3. The van der Waals surface area contributed by atoms with Crippen LogP contribution in [0, 0.1) is 6.92 Å². The molecule has 0 amide bonds. The predicted molar refractivity (Wildman–Crippen MR) is 287 cm³/mol. The van der Waals surface area contributed by atoms with E-state index in [1.807, 2.05) is 0 Å². The third kappa shape index (κ3) is 6.68. The fourth-order valence-corrected chi connectivity index (χ4v) is 12.0. The minimum absolute atomic E-state index is 0.0307. The number of nitrogens with one attached hydrogen (secondary N) is 1. The summed E-state index contributed by atoms with van der Waals surface area (Å²) in [6.07, 6.45) is 4.63. The Bertz CT molecular complexity index is 3480. The third-order valence-corrected chi connectivity index (χ3v) is 16.3. The Labute approximate surface area is 397 Å². The lowest BCUT2D eigenvalue weighted by Crippen LogP contribution is -2.41. The van der Waals surface area contributed by atoms with Crippen LogP contribution in [0.4, 0.5) is 28.4 Å². The van der Waals surface area contributed by atoms with E-state index in [2.05, 4.69) is 225 Å². The number of hydrogen-bond donors (Lipinski definition) is 1. The van der Waals surface area contributed by atoms with Gasteiger partial charge in [-0.2, -0.15) is 0 Å². The van der Waals surface area contributed by atoms with Gasteiger partial charge >= 0.3 is 0 Å². The quantitative estimate of drug-likeness (QED) is 0.175. The van der Waals surface area contributed by atoms with Crippen molar-refractivity contribution in [2.45, 2.75) is 110 Å². The Morgan fingerprint density at radius 3 is 1.70 bits per heavy atom. The molecule has 3 nitrogen and oxygen atoms in total. The highest BCUT2D eigenvalue weighted by molar-refractivity contribution is 6.73. The van der Waals surface area contributed by atoms with Crippen molar-refractivity contribution >= 4 is 79.4 Å². The van der Waals surface area contributed by atoms with Crippen LogP contribution in [-0.4, -0.2) is 7.28 Å². The van der Waals surface area contributed by atoms with E-state index in [4.69, 9.17) is 4.42 Å². The van der Waals surface area contributed by atoms with Crippen LogP contribution in [0.15, 0.2) is 150 Å². The highest BCUT2D eigenvalue weighted by Crippen LogP contribution is 2.54. The third-order valence-electron chi connectivity index (χ3n) is 16.3. The van der Waals surface area contributed by atoms with Crippen molar-refractivity contribution in [1.29, 1.82) is 0 Å². The maximum Gasteiger partial charge on any atom is 0.247 e. The monoisotopic (exact) mass is 871 g/mol. The maximum absolute atomic E-state index is 7.29. The van der Waals surface area contributed by atoms with Crippen molar-refractivity contribution in [3.05, 3.63) is 173 Å². The van der Waals surface area contributed by atoms with Gasteiger partial charge in [0.1, 0.15) is 5.58 Å². The summed E-state index contributed by atoms with van der Waals surface area (Å²) < 4.78 is 7.29. The molecule has 1 N–H and O–H groups in total. The van der Waals surface area contributed by atoms with Gasteiger partial charge in [-0.3, -0.25) is 0 Å². The standard InChI is InChI=1S/C63H60BN2O/c1-38-31-49-51(62(6,7)29-27-60(49,2)3)36-54(38)66-57-45-22-16-15-21-43(45)33-47(56(57)64-59-58(66)48-35-50-52(37-55(48)67-59)63(8,9)30-28-61(50,4)5)46-32-41-19-13-14-20-42(41)34-53(46)65-44-25-23-40(24-26-44)39-17-11-10-12-18-39/h10-26,31-37,65H,27-30H2,1-9H3. The molecular formula is C63H60BN2O. The van der Waals surface area contributed by atoms with Crippen molar-refractivity contribution in [1.82, 2.24) is 0 Å². The lowest BCUT2D eigenvalue weighted by atomic mass is 9.60. The molecule has 1 aromatic heterocycles. The van der Waals surface area contributed by atoms with Gasteiger partial charge in [0.2, 0.25) is 7.28 Å². The molecule has 0 saturated heterocycles. The van der Waals surface area contributed by atoms with E-state index in [1.54, 1.807) is 0 Å². The van der Waals surface area contributed by atoms with Crippen molar-refractivity contribution in [2.24, 2.45) is 0 Å². The Morgan fingerprint density at radius 2 is 1.03 bits per heavy atom. The molecule has 0 saturated carbocycles. The topological polar surface area (TPSA) is 28.4 Å². The molecule has 12 rings (SSSR count). The number of rotatable bonds is 5. The van der Waals surface area contributed by atoms with E-state index in [0.717, 1.165) is 64.2 Å². The van der Waals surface area contributed by atoms with Crippen LogP contribution >= 0.6 is 0 Å². The molecule has 3 aliphatic rings. The SMILES string of the molecule is Cc1cc2c(cc1N1c3c(c(-c4cc5ccccc5cc4Nc4ccc(-c5ccccc5)cc4)cc4ccccc34)[B]c3oc4cc5c(cc4c31)C(C)(C)CCC5(C)C)C(C)(C)CCC2(C)C. The number of benzene rings is 8. The molecule has 0 fully saturated rings. The van der Waals surface area contributed by atoms with E-state index in [-0.39, 0.29) is 21.7 Å². The average molecular weight is 872 g/mol. The van der Waals surface area contributed by atoms with Crippen LogP contribution in [-0.2, 0) is 21.7 Å². The van der Waals surface area contributed by atoms with Crippen LogP contribution in [0.1, 0.15) is 109 Å². The molecule has 9 aromatic rings. The van der Waals surface area contributed by atoms with E-state index in [9.17, 15) is 0 Å². The lowest BCUT2D eigenvalue weighted by molar-refractivity contribution is 0.332. The summed E-state index contributed by atoms with van der Waals surface area (Å²) in [5.41, 5.74) is 20.7. The molecule has 2 heterocycles. The fraction of sp³-hybridized carbons (Fsp3) is 0.270. The van der Waals surface area contributed by atoms with Gasteiger partial charge in [0.15, 0.2) is 0 Å². The van der Waals surface area contributed by atoms with Crippen LogP contribution in [0.3, 0.4) is 0 Å². The second-order valence-corrected chi connectivity index (χ2v) is 22.6. The first-order valence-corrected chi connectivity index (χ1v) is 24.5. The van der Waals surface area contributed by atoms with Crippen LogP contribution < -0.4 is 21.3 Å². The first-order chi connectivity index (χ1) is 32.1. The van der Waals surface area contributed by atoms with Crippen molar-refractivity contribution in [3.8, 4) is 22.3 Å². The summed E-state index contributed by atoms with van der Waals surface area (Å²) in [4.78, 5) is 2.62. The first-order valence-electron chi connectivity index (χ1n) is 24.5. The highest BCUT2D eigenvalue weighted by Gasteiger charge is 2.42. The molecular weight excluding hydrogens is 812 g/mol. The number of fused-ring (bicyclic) bond motifs is 9. The zero-order valence-corrected chi connectivity index (χ0v) is 40.6. The lowest BCUT2D eigenvalue weighted by Gasteiger charge is -2.43. The second kappa shape index (κ2) is 14.7. The van der Waals surface area contributed by atoms with Crippen LogP contribution in [0.5, 0.6) is 0 Å². The Balaban J connectivity index is 1.14. The average Bonchev–Trinajstić information content (AvgIpc) is 3.68. The number of anilines is 5. The largest absolute Gasteiger partial charge is 0.469 e. The zero-order valence-electron chi connectivity index (χ0n) is 40.6. The second-order valence-electron chi connectivity index (χ2n) is 22.6. The molecule has 1 aliphatic heterocycles. The summed E-state index contributed by atoms with van der Waals surface area (Å²) in [7, 11) is 2.37. The Kier molecular flexibility index (Phi) is 9.21. The van der Waals surface area contributed by atoms with Crippen molar-refractivity contribution in [2.75, 3.05) is 10.2 Å². The van der Waals surface area contributed by atoms with E-state index in [1.165, 1.54) is 83.7 Å². The predicted octanol–water partition coefficient (Wildman–Crippen LogP) is 16.3. The van der Waals surface area contributed by atoms with E-state index in [0.29, 0.717) is 0 Å². The normalized spacial score (nSPS) is 17.4. The van der Waals surface area contributed by atoms with Gasteiger partial charge in [-0.15, -0.1) is 0 Å². The van der Waals surface area contributed by atoms with Gasteiger partial charge in [-0.05, 0) is 169 Å². The maximum atomic E-state index is 7.29. The van der Waals surface area contributed by atoms with Gasteiger partial charge in [0.25, 0.3) is 0 Å². The number of furan rings is 1. The summed E-state index contributed by atoms with van der Waals surface area (Å²) >= 11 is 0. The minimum Gasteiger partial charge on any atom is -0.469 e. The molecule has 4 heteroatoms. The molecule has 0 bridgehead atoms. The summed E-state index contributed by atoms with van der Waals surface area (Å²) in [5, 5.41) is 9.94. The van der Waals surface area contributed by atoms with Gasteiger partial charge in [0.05, 0.1) is 11.3 Å². The molecule has 1 radical (unpaired) electrons. The van der Waals surface area contributed by atoms with Crippen molar-refractivity contribution in [3.63, 3.8) is 0 Å². The summed E-state index contributed by atoms with van der Waals surface area (Å²) in [6, 6.07) is 54.4. The minimum atomic E-state index is 0.0307. The van der Waals surface area contributed by atoms with E-state index >= 15 is 0 Å². The number of aryl methyl sites for hydroxylation is 1. The molecule has 2 aliphatic carbocycles. The molecule has 67 heavy (non-hydrogen) atoms. The Hall–Kier alpha value is -6.52. The van der Waals surface area contributed by atoms with Crippen LogP contribution in [0.2, 0.25) is 0 Å². The number of nitrogens with zero attached hydrogens (tertiary/aromatic N) is 1. The molecule has 0 atom stereocenters. The smallest absolute Gasteiger partial charge is 0.247 e. The van der Waals surface area contributed by atoms with Crippen molar-refractivity contribution < 1.29 is 4.42 Å². The Morgan fingerprint density at radius 1 is 0.493 bits per heavy atom. The fourth-order valence-electron chi connectivity index (χ4n) is 12.0. The zero-order chi connectivity index (χ0) is 46.2. The summed E-state index contributed by atoms with van der Waals surface area (Å²) in [6.45, 7) is 21.8. The van der Waals surface area contributed by atoms with E-state index < -0.39 is 0 Å². The van der Waals surface area contributed by atoms with Gasteiger partial charge < -0.3 is 14.6 Å². The van der Waals surface area contributed by atoms with Gasteiger partial charge in [-0.25, -0.2) is 0 Å². The molecule has 0 unspecified atom stereocenters. The summed E-state index contributed by atoms with van der Waals surface area (Å²) in [5.74, 6) is 0. The molecule has 0 spiro atoms.